The number of esters is 1. The highest BCUT2D eigenvalue weighted by atomic mass is 16.5. The van der Waals surface area contributed by atoms with Gasteiger partial charge in [0.2, 0.25) is 5.78 Å². The van der Waals surface area contributed by atoms with Crippen LogP contribution in [0.4, 0.5) is 0 Å². The van der Waals surface area contributed by atoms with Gasteiger partial charge in [-0.3, -0.25) is 4.79 Å². The molecule has 134 valence electrons. The third kappa shape index (κ3) is 3.94. The predicted octanol–water partition coefficient (Wildman–Crippen LogP) is 3.68. The summed E-state index contributed by atoms with van der Waals surface area (Å²) in [4.78, 5) is 24.8. The summed E-state index contributed by atoms with van der Waals surface area (Å²) >= 11 is 0. The van der Waals surface area contributed by atoms with Crippen molar-refractivity contribution in [2.24, 2.45) is 0 Å². The third-order valence-corrected chi connectivity index (χ3v) is 4.00. The van der Waals surface area contributed by atoms with Gasteiger partial charge >= 0.3 is 5.97 Å². The maximum absolute atomic E-state index is 12.5. The average molecular weight is 352 g/mol. The first-order chi connectivity index (χ1) is 12.6. The van der Waals surface area contributed by atoms with Crippen LogP contribution in [0.15, 0.2) is 54.1 Å². The summed E-state index contributed by atoms with van der Waals surface area (Å²) in [6.07, 6.45) is 0.841. The van der Waals surface area contributed by atoms with Crippen LogP contribution in [-0.2, 0) is 9.53 Å². The number of Topliss-reactive ketones (excluding diaryl/α,β-unsaturated/α-hetero) is 1. The normalized spacial score (nSPS) is 13.7. The minimum Gasteiger partial charge on any atom is -0.494 e. The second kappa shape index (κ2) is 7.87. The van der Waals surface area contributed by atoms with Crippen molar-refractivity contribution >= 4 is 17.8 Å². The number of fused-ring (bicyclic) bond motifs is 1. The minimum atomic E-state index is -0.890. The fourth-order valence-electron chi connectivity index (χ4n) is 2.64. The van der Waals surface area contributed by atoms with Gasteiger partial charge in [0.05, 0.1) is 12.2 Å². The van der Waals surface area contributed by atoms with Gasteiger partial charge in [0, 0.05) is 11.1 Å². The van der Waals surface area contributed by atoms with Gasteiger partial charge in [0.25, 0.3) is 0 Å². The van der Waals surface area contributed by atoms with Gasteiger partial charge in [-0.15, -0.1) is 0 Å². The first-order valence-corrected chi connectivity index (χ1v) is 8.49. The Morgan fingerprint density at radius 1 is 1.12 bits per heavy atom. The molecule has 0 saturated heterocycles. The zero-order valence-corrected chi connectivity index (χ0v) is 14.7. The molecule has 0 N–H and O–H groups in total. The number of ketones is 1. The van der Waals surface area contributed by atoms with E-state index in [-0.39, 0.29) is 12.4 Å². The van der Waals surface area contributed by atoms with E-state index in [2.05, 4.69) is 0 Å². The van der Waals surface area contributed by atoms with E-state index in [9.17, 15) is 9.59 Å². The van der Waals surface area contributed by atoms with Crippen LogP contribution in [0.25, 0.3) is 6.08 Å². The van der Waals surface area contributed by atoms with Crippen LogP contribution in [-0.4, -0.2) is 31.1 Å². The van der Waals surface area contributed by atoms with E-state index in [1.54, 1.807) is 37.3 Å². The van der Waals surface area contributed by atoms with Gasteiger partial charge in [-0.25, -0.2) is 4.79 Å². The molecule has 3 rings (SSSR count). The molecule has 5 nitrogen and oxygen atoms in total. The lowest BCUT2D eigenvalue weighted by molar-refractivity contribution is -0.141. The molecule has 0 aliphatic carbocycles. The van der Waals surface area contributed by atoms with E-state index < -0.39 is 12.1 Å². The maximum Gasteiger partial charge on any atom is 0.338 e. The van der Waals surface area contributed by atoms with E-state index in [4.69, 9.17) is 14.2 Å². The first kappa shape index (κ1) is 17.7. The Hall–Kier alpha value is -3.08. The summed E-state index contributed by atoms with van der Waals surface area (Å²) in [5, 5.41) is 0. The number of benzene rings is 2. The van der Waals surface area contributed by atoms with Gasteiger partial charge in [0.1, 0.15) is 18.1 Å². The average Bonchev–Trinajstić information content (AvgIpc) is 2.67. The number of para-hydroxylation sites is 1. The zero-order chi connectivity index (χ0) is 18.5. The van der Waals surface area contributed by atoms with Gasteiger partial charge in [0.15, 0.2) is 6.10 Å². The number of rotatable bonds is 6. The van der Waals surface area contributed by atoms with Crippen LogP contribution in [0.3, 0.4) is 0 Å². The smallest absolute Gasteiger partial charge is 0.338 e. The Bertz CT molecular complexity index is 836. The van der Waals surface area contributed by atoms with Gasteiger partial charge in [-0.05, 0) is 50.3 Å². The molecule has 2 aromatic carbocycles. The molecule has 1 aliphatic heterocycles. The van der Waals surface area contributed by atoms with Crippen molar-refractivity contribution < 1.29 is 23.8 Å². The molecule has 5 heteroatoms. The van der Waals surface area contributed by atoms with Crippen molar-refractivity contribution in [1.82, 2.24) is 0 Å². The molecule has 0 spiro atoms. The van der Waals surface area contributed by atoms with Crippen LogP contribution < -0.4 is 9.47 Å². The fourth-order valence-corrected chi connectivity index (χ4v) is 2.64. The number of ether oxygens (including phenoxy) is 3. The topological polar surface area (TPSA) is 61.8 Å². The van der Waals surface area contributed by atoms with Crippen molar-refractivity contribution in [2.45, 2.75) is 20.0 Å². The first-order valence-electron chi connectivity index (χ1n) is 8.49. The summed E-state index contributed by atoms with van der Waals surface area (Å²) < 4.78 is 16.2. The van der Waals surface area contributed by atoms with Crippen LogP contribution in [0, 0.1) is 0 Å². The van der Waals surface area contributed by atoms with Gasteiger partial charge in [-0.2, -0.15) is 0 Å². The molecular weight excluding hydrogens is 332 g/mol. The van der Waals surface area contributed by atoms with E-state index in [1.165, 1.54) is 0 Å². The Kier molecular flexibility index (Phi) is 5.37. The molecule has 2 aromatic rings. The number of carbonyl (C=O) groups excluding carboxylic acids is 2. The molecule has 0 saturated carbocycles. The molecule has 0 amide bonds. The van der Waals surface area contributed by atoms with E-state index >= 15 is 0 Å². The standard InChI is InChI=1S/C21H20O5/c1-3-24-18-10-8-15(9-11-18)20(22)14(2)26-21(23)17-12-16-6-4-5-7-19(16)25-13-17/h4-12,14H,3,13H2,1-2H3/t14-/m1/s1. The minimum absolute atomic E-state index is 0.125. The van der Waals surface area contributed by atoms with Gasteiger partial charge in [-0.1, -0.05) is 18.2 Å². The quantitative estimate of drug-likeness (QED) is 0.586. The fraction of sp³-hybridized carbons (Fsp3) is 0.238. The highest BCUT2D eigenvalue weighted by molar-refractivity contribution is 6.02. The van der Waals surface area contributed by atoms with Crippen LogP contribution in [0.5, 0.6) is 11.5 Å². The monoisotopic (exact) mass is 352 g/mol. The maximum atomic E-state index is 12.5. The van der Waals surface area contributed by atoms with Crippen LogP contribution >= 0.6 is 0 Å². The SMILES string of the molecule is CCOc1ccc(C(=O)[C@@H](C)OC(=O)C2=Cc3ccccc3OC2)cc1. The molecule has 26 heavy (non-hydrogen) atoms. The molecule has 1 atom stereocenters. The second-order valence-electron chi connectivity index (χ2n) is 5.87. The number of carbonyl (C=O) groups is 2. The van der Waals surface area contributed by atoms with Gasteiger partial charge < -0.3 is 14.2 Å². The summed E-state index contributed by atoms with van der Waals surface area (Å²) in [5.74, 6) is 0.602. The number of hydrogen-bond acceptors (Lipinski definition) is 5. The zero-order valence-electron chi connectivity index (χ0n) is 14.7. The molecular formula is C21H20O5. The van der Waals surface area contributed by atoms with E-state index in [1.807, 2.05) is 31.2 Å². The molecule has 0 fully saturated rings. The highest BCUT2D eigenvalue weighted by Crippen LogP contribution is 2.26. The Morgan fingerprint density at radius 2 is 1.85 bits per heavy atom. The summed E-state index contributed by atoms with van der Waals surface area (Å²) in [5.41, 5.74) is 1.67. The van der Waals surface area contributed by atoms with E-state index in [0.29, 0.717) is 23.5 Å². The largest absolute Gasteiger partial charge is 0.494 e. The van der Waals surface area contributed by atoms with Crippen molar-refractivity contribution in [3.05, 3.63) is 65.2 Å². The number of hydrogen-bond donors (Lipinski definition) is 0. The van der Waals surface area contributed by atoms with Crippen molar-refractivity contribution in [3.63, 3.8) is 0 Å². The molecule has 0 bridgehead atoms. The molecule has 0 unspecified atom stereocenters. The van der Waals surface area contributed by atoms with Crippen LogP contribution in [0.1, 0.15) is 29.8 Å². The Labute approximate surface area is 152 Å². The second-order valence-corrected chi connectivity index (χ2v) is 5.87. The van der Waals surface area contributed by atoms with Crippen LogP contribution in [0.2, 0.25) is 0 Å². The molecule has 0 radical (unpaired) electrons. The Balaban J connectivity index is 1.65. The van der Waals surface area contributed by atoms with Crippen molar-refractivity contribution in [1.29, 1.82) is 0 Å². The third-order valence-electron chi connectivity index (χ3n) is 4.00. The summed E-state index contributed by atoms with van der Waals surface area (Å²) in [6.45, 7) is 4.14. The van der Waals surface area contributed by atoms with E-state index in [0.717, 1.165) is 11.3 Å². The Morgan fingerprint density at radius 3 is 2.58 bits per heavy atom. The molecule has 0 aromatic heterocycles. The lowest BCUT2D eigenvalue weighted by Gasteiger charge is -2.18. The molecule has 1 heterocycles. The lowest BCUT2D eigenvalue weighted by Crippen LogP contribution is -2.27. The highest BCUT2D eigenvalue weighted by Gasteiger charge is 2.24. The van der Waals surface area contributed by atoms with Crippen molar-refractivity contribution in [3.8, 4) is 11.5 Å². The van der Waals surface area contributed by atoms with Crippen molar-refractivity contribution in [2.75, 3.05) is 13.2 Å². The lowest BCUT2D eigenvalue weighted by atomic mass is 10.1. The molecule has 1 aliphatic rings. The summed E-state index contributed by atoms with van der Waals surface area (Å²) in [6, 6.07) is 14.2. The summed E-state index contributed by atoms with van der Waals surface area (Å²) in [7, 11) is 0. The predicted molar refractivity (Wildman–Crippen MR) is 97.4 cm³/mol.